The lowest BCUT2D eigenvalue weighted by molar-refractivity contribution is -0.385. The molecular weight excluding hydrogens is 965 g/mol. The van der Waals surface area contributed by atoms with Crippen LogP contribution in [0, 0.1) is 48.1 Å². The zero-order valence-electron chi connectivity index (χ0n) is 39.6. The second-order valence-corrected chi connectivity index (χ2v) is 21.9. The first-order valence-electron chi connectivity index (χ1n) is 22.8. The maximum absolute atomic E-state index is 14.1. The zero-order chi connectivity index (χ0) is 52.6. The van der Waals surface area contributed by atoms with Gasteiger partial charge in [-0.05, 0) is 85.9 Å². The Labute approximate surface area is 411 Å². The van der Waals surface area contributed by atoms with Crippen LogP contribution in [0.1, 0.15) is 72.1 Å². The van der Waals surface area contributed by atoms with Gasteiger partial charge in [-0.25, -0.2) is 28.8 Å². The van der Waals surface area contributed by atoms with Crippen LogP contribution in [0.5, 0.6) is 0 Å². The zero-order valence-corrected chi connectivity index (χ0v) is 40.6. The number of amides is 3. The normalized spacial score (nSPS) is 18.7. The molecule has 3 amide bonds. The fraction of sp³-hybridized carbons (Fsp3) is 0.391. The summed E-state index contributed by atoms with van der Waals surface area (Å²) in [5.74, 6) is -6.92. The number of nitrogens with zero attached hydrogens (tertiary/aromatic N) is 6. The van der Waals surface area contributed by atoms with E-state index >= 15 is 0 Å². The number of nitrogens with one attached hydrogen (secondary N) is 2. The Morgan fingerprint density at radius 3 is 1.56 bits per heavy atom. The molecule has 3 aliphatic rings. The highest BCUT2D eigenvalue weighted by Crippen LogP contribution is 2.49. The van der Waals surface area contributed by atoms with E-state index in [4.69, 9.17) is 18.6 Å². The Morgan fingerprint density at radius 1 is 0.708 bits per heavy atom. The van der Waals surface area contributed by atoms with Crippen molar-refractivity contribution in [1.82, 2.24) is 20.4 Å². The Kier molecular flexibility index (Phi) is 16.8. The highest BCUT2D eigenvalue weighted by molar-refractivity contribution is 6.73. The van der Waals surface area contributed by atoms with Gasteiger partial charge < -0.3 is 23.5 Å². The average Bonchev–Trinajstić information content (AvgIpc) is 3.91. The van der Waals surface area contributed by atoms with Crippen LogP contribution in [0.15, 0.2) is 89.1 Å². The lowest BCUT2D eigenvalue weighted by Gasteiger charge is -2.49. The Balaban J connectivity index is 1.20. The Morgan fingerprint density at radius 2 is 1.14 bits per heavy atom. The summed E-state index contributed by atoms with van der Waals surface area (Å²) in [4.78, 5) is 132. The number of carbonyl (C=O) groups is 7. The quantitative estimate of drug-likeness (QED) is 0.0179. The smallest absolute Gasteiger partial charge is 0.413 e. The topological polar surface area (TPSA) is 329 Å². The van der Waals surface area contributed by atoms with Gasteiger partial charge in [-0.15, -0.1) is 0 Å². The number of benzene rings is 3. The third kappa shape index (κ3) is 12.1. The number of esters is 4. The first kappa shape index (κ1) is 53.3. The van der Waals surface area contributed by atoms with Crippen LogP contribution in [0.4, 0.5) is 26.7 Å². The number of carbonyl (C=O) groups excluding carboxylic acids is 7. The van der Waals surface area contributed by atoms with Crippen LogP contribution in [-0.2, 0) is 28.2 Å². The third-order valence-corrected chi connectivity index (χ3v) is 17.8. The minimum absolute atomic E-state index is 0.0954. The number of aliphatic imine (C=N–C) groups is 1. The molecule has 0 aliphatic carbocycles. The van der Waals surface area contributed by atoms with Crippen molar-refractivity contribution in [3.8, 4) is 0 Å². The van der Waals surface area contributed by atoms with Crippen LogP contribution >= 0.6 is 0 Å². The van der Waals surface area contributed by atoms with Crippen molar-refractivity contribution in [3.63, 3.8) is 0 Å². The molecule has 0 aromatic heterocycles. The second kappa shape index (κ2) is 22.8. The molecule has 0 spiro atoms. The number of ether oxygens (including phenoxy) is 3. The predicted octanol–water partition coefficient (Wildman–Crippen LogP) is 6.05. The highest BCUT2D eigenvalue weighted by Gasteiger charge is 2.61. The van der Waals surface area contributed by atoms with Crippen molar-refractivity contribution in [3.05, 3.63) is 131 Å². The van der Waals surface area contributed by atoms with Crippen LogP contribution in [0.3, 0.4) is 0 Å². The number of fused-ring (bicyclic) bond motifs is 1. The van der Waals surface area contributed by atoms with Gasteiger partial charge >= 0.3 is 36.1 Å². The molecule has 25 nitrogen and oxygen atoms in total. The monoisotopic (exact) mass is 1010 g/mol. The van der Waals surface area contributed by atoms with E-state index in [2.05, 4.69) is 36.4 Å². The number of guanidine groups is 1. The van der Waals surface area contributed by atoms with Crippen LogP contribution in [0.25, 0.3) is 0 Å². The molecule has 2 unspecified atom stereocenters. The molecule has 26 heteroatoms. The second-order valence-electron chi connectivity index (χ2n) is 17.2. The number of non-ortho nitro benzene ring substituents is 3. The molecule has 3 aliphatic heterocycles. The minimum Gasteiger partial charge on any atom is -0.413 e. The molecule has 380 valence electrons. The molecule has 3 aromatic rings. The molecule has 72 heavy (non-hydrogen) atoms. The molecule has 2 fully saturated rings. The molecule has 6 rings (SSSR count). The summed E-state index contributed by atoms with van der Waals surface area (Å²) < 4.78 is 21.7. The molecule has 0 saturated carbocycles. The lowest BCUT2D eigenvalue weighted by atomic mass is 9.77. The highest BCUT2D eigenvalue weighted by atomic mass is 28.4. The van der Waals surface area contributed by atoms with Gasteiger partial charge in [0.25, 0.3) is 17.1 Å². The van der Waals surface area contributed by atoms with Crippen LogP contribution < -0.4 is 10.6 Å². The predicted molar refractivity (Wildman–Crippen MR) is 253 cm³/mol. The summed E-state index contributed by atoms with van der Waals surface area (Å²) >= 11 is 0. The van der Waals surface area contributed by atoms with E-state index in [1.807, 2.05) is 18.7 Å². The molecule has 3 aromatic carbocycles. The fourth-order valence-electron chi connectivity index (χ4n) is 8.95. The van der Waals surface area contributed by atoms with E-state index in [-0.39, 0.29) is 64.4 Å². The first-order chi connectivity index (χ1) is 34.2. The largest absolute Gasteiger partial charge is 0.421 e. The van der Waals surface area contributed by atoms with Gasteiger partial charge in [0.15, 0.2) is 8.32 Å². The summed E-state index contributed by atoms with van der Waals surface area (Å²) in [6.07, 6.45) is -2.91. The van der Waals surface area contributed by atoms with E-state index < -0.39 is 89.1 Å². The lowest BCUT2D eigenvalue weighted by Crippen LogP contribution is -2.65. The Hall–Kier alpha value is -8.10. The number of nitro benzene ring substituents is 3. The average molecular weight is 1020 g/mol. The van der Waals surface area contributed by atoms with Crippen molar-refractivity contribution in [2.75, 3.05) is 26.2 Å². The van der Waals surface area contributed by atoms with Crippen molar-refractivity contribution >= 4 is 73.3 Å². The standard InChI is InChI=1S/C46H50N8O17Si/c1-6-72(7-2,8-3)71-27(5)36-37-26(4)35(38(51(37)39(36)55)43(59)68-40(56)29-9-15-32(16-10-29)52(62)63)25-50-22-21-28(24-50)23-47-44(48-45(60)69-41(57)30-11-17-33(18-12-30)53(64)65)49-46(61)70-42(58)31-13-19-34(20-14-31)54(66)67/h9-20,26-28,36-37H,6-8,21-25H2,1-5H3,(H2,47,48,49,60,61)/t26-,27+,28+,36?,37?/m0/s1. The maximum Gasteiger partial charge on any atom is 0.421 e. The van der Waals surface area contributed by atoms with E-state index in [1.165, 1.54) is 4.90 Å². The van der Waals surface area contributed by atoms with E-state index in [0.29, 0.717) is 25.1 Å². The molecule has 5 atom stereocenters. The summed E-state index contributed by atoms with van der Waals surface area (Å²) in [7, 11) is -2.18. The third-order valence-electron chi connectivity index (χ3n) is 13.1. The molecule has 0 radical (unpaired) electrons. The van der Waals surface area contributed by atoms with Gasteiger partial charge in [0.2, 0.25) is 11.9 Å². The molecule has 2 saturated heterocycles. The number of β-lactam (4-membered cyclic amide) rings is 1. The summed E-state index contributed by atoms with van der Waals surface area (Å²) in [6, 6.07) is 14.8. The van der Waals surface area contributed by atoms with Crippen molar-refractivity contribution in [2.45, 2.75) is 71.3 Å². The number of rotatable bonds is 17. The van der Waals surface area contributed by atoms with Gasteiger partial charge in [-0.3, -0.25) is 55.7 Å². The van der Waals surface area contributed by atoms with Gasteiger partial charge in [-0.2, -0.15) is 0 Å². The van der Waals surface area contributed by atoms with Gasteiger partial charge in [0.05, 0.1) is 49.5 Å². The minimum atomic E-state index is -2.18. The van der Waals surface area contributed by atoms with Gasteiger partial charge in [-0.1, -0.05) is 27.7 Å². The van der Waals surface area contributed by atoms with Crippen LogP contribution in [-0.4, -0.2) is 119 Å². The number of nitro groups is 3. The molecule has 3 heterocycles. The Bertz CT molecular complexity index is 2630. The SMILES string of the molecule is CC[Si](CC)(CC)O[C@H](C)C1C(=O)N2C(C(=O)OC(=O)c3ccc([N+](=O)[O-])cc3)=C(CN3CC[C@H](CN=C(NC(=O)OC(=O)c4ccc([N+](=O)[O-])cc4)NC(=O)OC(=O)c4ccc([N+](=O)[O-])cc4)C3)[C@H](C)C12. The number of hydrogen-bond donors (Lipinski definition) is 2. The van der Waals surface area contributed by atoms with E-state index in [0.717, 1.165) is 90.9 Å². The van der Waals surface area contributed by atoms with E-state index in [9.17, 15) is 63.9 Å². The molecule has 2 N–H and O–H groups in total. The maximum atomic E-state index is 14.1. The summed E-state index contributed by atoms with van der Waals surface area (Å²) in [6.45, 7) is 10.7. The fourth-order valence-corrected chi connectivity index (χ4v) is 11.9. The van der Waals surface area contributed by atoms with Crippen LogP contribution in [0.2, 0.25) is 18.1 Å². The number of likely N-dealkylation sites (tertiary alicyclic amines) is 1. The van der Waals surface area contributed by atoms with Gasteiger partial charge in [0.1, 0.15) is 5.70 Å². The molecule has 0 bridgehead atoms. The summed E-state index contributed by atoms with van der Waals surface area (Å²) in [5.41, 5.74) is -1.13. The molecular formula is C46H50N8O17Si. The number of alkyl carbamates (subject to hydrolysis) is 2. The number of hydrogen-bond acceptors (Lipinski definition) is 19. The van der Waals surface area contributed by atoms with Gasteiger partial charge in [0, 0.05) is 62.0 Å². The van der Waals surface area contributed by atoms with Crippen molar-refractivity contribution in [2.24, 2.45) is 22.7 Å². The van der Waals surface area contributed by atoms with Crippen molar-refractivity contribution in [1.29, 1.82) is 0 Å². The van der Waals surface area contributed by atoms with Crippen molar-refractivity contribution < 1.29 is 67.0 Å². The summed E-state index contributed by atoms with van der Waals surface area (Å²) in [5, 5.41) is 37.5. The first-order valence-corrected chi connectivity index (χ1v) is 25.3. The van der Waals surface area contributed by atoms with E-state index in [1.54, 1.807) is 0 Å².